The molecule has 3 aromatic rings. The van der Waals surface area contributed by atoms with Crippen molar-refractivity contribution in [2.24, 2.45) is 0 Å². The zero-order valence-electron chi connectivity index (χ0n) is 15.3. The van der Waals surface area contributed by atoms with Crippen molar-refractivity contribution in [2.75, 3.05) is 21.3 Å². The van der Waals surface area contributed by atoms with Crippen molar-refractivity contribution in [3.63, 3.8) is 0 Å². The predicted octanol–water partition coefficient (Wildman–Crippen LogP) is 3.70. The number of ketones is 1. The van der Waals surface area contributed by atoms with Crippen LogP contribution in [-0.2, 0) is 6.61 Å². The molecular formula is C21H20O6. The molecule has 0 unspecified atom stereocenters. The number of benzene rings is 2. The molecule has 0 bridgehead atoms. The van der Waals surface area contributed by atoms with E-state index in [0.29, 0.717) is 39.7 Å². The number of aliphatic hydroxyl groups is 1. The van der Waals surface area contributed by atoms with Crippen molar-refractivity contribution in [3.05, 3.63) is 65.4 Å². The Hall–Kier alpha value is -3.25. The summed E-state index contributed by atoms with van der Waals surface area (Å²) < 4.78 is 21.4. The molecule has 0 aliphatic heterocycles. The zero-order valence-corrected chi connectivity index (χ0v) is 15.3. The number of methoxy groups -OCH3 is 3. The lowest BCUT2D eigenvalue weighted by molar-refractivity contribution is 0.103. The second-order valence-electron chi connectivity index (χ2n) is 5.75. The second kappa shape index (κ2) is 7.97. The summed E-state index contributed by atoms with van der Waals surface area (Å²) in [6, 6.07) is 12.0. The maximum absolute atomic E-state index is 13.2. The molecule has 27 heavy (non-hydrogen) atoms. The Balaban J connectivity index is 2.11. The van der Waals surface area contributed by atoms with Crippen molar-refractivity contribution < 1.29 is 28.5 Å². The third kappa shape index (κ3) is 3.52. The molecule has 0 spiro atoms. The van der Waals surface area contributed by atoms with E-state index in [1.165, 1.54) is 21.3 Å². The molecule has 0 atom stereocenters. The lowest BCUT2D eigenvalue weighted by Gasteiger charge is -2.14. The van der Waals surface area contributed by atoms with Crippen LogP contribution in [0.4, 0.5) is 0 Å². The predicted molar refractivity (Wildman–Crippen MR) is 99.6 cm³/mol. The fourth-order valence-electron chi connectivity index (χ4n) is 2.93. The van der Waals surface area contributed by atoms with Crippen LogP contribution in [0, 0.1) is 0 Å². The first kappa shape index (κ1) is 18.5. The van der Waals surface area contributed by atoms with Gasteiger partial charge in [-0.15, -0.1) is 0 Å². The molecule has 3 rings (SSSR count). The number of hydrogen-bond donors (Lipinski definition) is 1. The summed E-state index contributed by atoms with van der Waals surface area (Å²) in [4.78, 5) is 13.2. The Bertz CT molecular complexity index is 918. The van der Waals surface area contributed by atoms with Crippen LogP contribution in [0.3, 0.4) is 0 Å². The summed E-state index contributed by atoms with van der Waals surface area (Å²) in [5, 5.41) is 9.63. The minimum atomic E-state index is -0.287. The summed E-state index contributed by atoms with van der Waals surface area (Å²) in [5.41, 5.74) is 1.95. The van der Waals surface area contributed by atoms with Crippen LogP contribution in [0.5, 0.6) is 17.2 Å². The van der Waals surface area contributed by atoms with Crippen molar-refractivity contribution in [1.82, 2.24) is 0 Å². The van der Waals surface area contributed by atoms with Gasteiger partial charge in [-0.3, -0.25) is 4.79 Å². The van der Waals surface area contributed by atoms with Gasteiger partial charge in [-0.25, -0.2) is 0 Å². The minimum Gasteiger partial charge on any atom is -0.496 e. The number of aliphatic hydroxyl groups excluding tert-OH is 1. The molecular weight excluding hydrogens is 348 g/mol. The van der Waals surface area contributed by atoms with Gasteiger partial charge in [0.15, 0.2) is 17.3 Å². The van der Waals surface area contributed by atoms with E-state index in [1.807, 2.05) is 12.1 Å². The fraction of sp³-hybridized carbons (Fsp3) is 0.190. The summed E-state index contributed by atoms with van der Waals surface area (Å²) in [6.07, 6.45) is 1.57. The highest BCUT2D eigenvalue weighted by atomic mass is 16.5. The van der Waals surface area contributed by atoms with Crippen LogP contribution in [0.15, 0.2) is 53.1 Å². The molecule has 1 heterocycles. The smallest absolute Gasteiger partial charge is 0.196 e. The number of carbonyl (C=O) groups excluding carboxylic acids is 1. The van der Waals surface area contributed by atoms with E-state index < -0.39 is 0 Å². The molecule has 0 fully saturated rings. The Morgan fingerprint density at radius 3 is 2.37 bits per heavy atom. The number of hydrogen-bond acceptors (Lipinski definition) is 6. The summed E-state index contributed by atoms with van der Waals surface area (Å²) in [6.45, 7) is -0.287. The van der Waals surface area contributed by atoms with Gasteiger partial charge in [0.25, 0.3) is 0 Å². The molecule has 1 N–H and O–H groups in total. The molecule has 0 saturated heterocycles. The van der Waals surface area contributed by atoms with Crippen molar-refractivity contribution in [1.29, 1.82) is 0 Å². The average Bonchev–Trinajstić information content (AvgIpc) is 3.26. The molecule has 0 saturated carbocycles. The van der Waals surface area contributed by atoms with E-state index >= 15 is 0 Å². The van der Waals surface area contributed by atoms with E-state index in [9.17, 15) is 9.90 Å². The van der Waals surface area contributed by atoms with Gasteiger partial charge < -0.3 is 23.7 Å². The van der Waals surface area contributed by atoms with E-state index in [0.717, 1.165) is 5.56 Å². The number of furan rings is 1. The molecule has 0 amide bonds. The van der Waals surface area contributed by atoms with Gasteiger partial charge in [-0.1, -0.05) is 0 Å². The number of ether oxygens (including phenoxy) is 3. The molecule has 0 aliphatic rings. The van der Waals surface area contributed by atoms with Gasteiger partial charge in [0.1, 0.15) is 11.5 Å². The Morgan fingerprint density at radius 2 is 1.78 bits per heavy atom. The van der Waals surface area contributed by atoms with E-state index in [-0.39, 0.29) is 12.4 Å². The van der Waals surface area contributed by atoms with Crippen LogP contribution in [0.2, 0.25) is 0 Å². The Labute approximate surface area is 156 Å². The topological polar surface area (TPSA) is 78.1 Å². The quantitative estimate of drug-likeness (QED) is 0.641. The third-order valence-electron chi connectivity index (χ3n) is 4.24. The Morgan fingerprint density at radius 1 is 1.00 bits per heavy atom. The van der Waals surface area contributed by atoms with E-state index in [4.69, 9.17) is 18.6 Å². The van der Waals surface area contributed by atoms with Crippen molar-refractivity contribution in [2.45, 2.75) is 6.61 Å². The minimum absolute atomic E-state index is 0.268. The molecule has 2 aromatic carbocycles. The van der Waals surface area contributed by atoms with Gasteiger partial charge in [0, 0.05) is 16.7 Å². The molecule has 6 nitrogen and oxygen atoms in total. The van der Waals surface area contributed by atoms with Crippen molar-refractivity contribution in [3.8, 4) is 28.6 Å². The summed E-state index contributed by atoms with van der Waals surface area (Å²) >= 11 is 0. The average molecular weight is 368 g/mol. The van der Waals surface area contributed by atoms with Crippen LogP contribution in [0.25, 0.3) is 11.3 Å². The van der Waals surface area contributed by atoms with Gasteiger partial charge in [-0.2, -0.15) is 0 Å². The van der Waals surface area contributed by atoms with Crippen LogP contribution < -0.4 is 14.2 Å². The standard InChI is InChI=1S/C21H20O6/c1-24-18-7-6-13(17-5-4-8-27-17)10-16(18)20(23)14-9-15(12-22)21(26-3)19(11-14)25-2/h4-11,22H,12H2,1-3H3. The van der Waals surface area contributed by atoms with Gasteiger partial charge in [0.2, 0.25) is 0 Å². The fourth-order valence-corrected chi connectivity index (χ4v) is 2.93. The first-order valence-electron chi connectivity index (χ1n) is 8.25. The first-order valence-corrected chi connectivity index (χ1v) is 8.25. The van der Waals surface area contributed by atoms with E-state index in [1.54, 1.807) is 36.6 Å². The SMILES string of the molecule is COc1ccc(-c2ccco2)cc1C(=O)c1cc(CO)c(OC)c(OC)c1. The molecule has 140 valence electrons. The van der Waals surface area contributed by atoms with Crippen LogP contribution >= 0.6 is 0 Å². The largest absolute Gasteiger partial charge is 0.496 e. The van der Waals surface area contributed by atoms with E-state index in [2.05, 4.69) is 0 Å². The molecule has 6 heteroatoms. The molecule has 0 radical (unpaired) electrons. The lowest BCUT2D eigenvalue weighted by atomic mass is 9.97. The molecule has 0 aliphatic carbocycles. The molecule has 1 aromatic heterocycles. The summed E-state index contributed by atoms with van der Waals surface area (Å²) in [5.74, 6) is 1.59. The van der Waals surface area contributed by atoms with Gasteiger partial charge in [-0.05, 0) is 42.5 Å². The van der Waals surface area contributed by atoms with Gasteiger partial charge in [0.05, 0.1) is 39.8 Å². The highest BCUT2D eigenvalue weighted by molar-refractivity contribution is 6.11. The maximum atomic E-state index is 13.2. The normalized spacial score (nSPS) is 10.5. The summed E-state index contributed by atoms with van der Waals surface area (Å²) in [7, 11) is 4.46. The monoisotopic (exact) mass is 368 g/mol. The first-order chi connectivity index (χ1) is 13.1. The number of rotatable bonds is 7. The maximum Gasteiger partial charge on any atom is 0.196 e. The van der Waals surface area contributed by atoms with Crippen LogP contribution in [-0.4, -0.2) is 32.2 Å². The highest BCUT2D eigenvalue weighted by Crippen LogP contribution is 2.35. The zero-order chi connectivity index (χ0) is 19.4. The lowest BCUT2D eigenvalue weighted by Crippen LogP contribution is -2.07. The van der Waals surface area contributed by atoms with Crippen molar-refractivity contribution >= 4 is 5.78 Å². The highest BCUT2D eigenvalue weighted by Gasteiger charge is 2.20. The second-order valence-corrected chi connectivity index (χ2v) is 5.75. The van der Waals surface area contributed by atoms with Gasteiger partial charge >= 0.3 is 0 Å². The van der Waals surface area contributed by atoms with Crippen LogP contribution in [0.1, 0.15) is 21.5 Å². The number of carbonyl (C=O) groups is 1. The Kier molecular flexibility index (Phi) is 5.47. The third-order valence-corrected chi connectivity index (χ3v) is 4.24.